The zero-order valence-corrected chi connectivity index (χ0v) is 15.8. The SMILES string of the molecule is Cn1c(SCC(N)=O)nc2c(c1=O)C1(CCCCC1)Cc1ccccc1-2. The van der Waals surface area contributed by atoms with Crippen molar-refractivity contribution >= 4 is 17.7 Å². The average Bonchev–Trinajstić information content (AvgIpc) is 2.63. The fourth-order valence-corrected chi connectivity index (χ4v) is 5.24. The third-order valence-electron chi connectivity index (χ3n) is 5.74. The number of primary amides is 1. The Morgan fingerprint density at radius 3 is 2.73 bits per heavy atom. The normalized spacial score (nSPS) is 17.6. The largest absolute Gasteiger partial charge is 0.369 e. The third-order valence-corrected chi connectivity index (χ3v) is 6.79. The number of nitrogens with zero attached hydrogens (tertiary/aromatic N) is 2. The van der Waals surface area contributed by atoms with Crippen LogP contribution in [0.15, 0.2) is 34.2 Å². The first kappa shape index (κ1) is 17.3. The molecule has 1 heterocycles. The Balaban J connectivity index is 1.94. The molecule has 0 unspecified atom stereocenters. The summed E-state index contributed by atoms with van der Waals surface area (Å²) in [6.07, 6.45) is 6.55. The van der Waals surface area contributed by atoms with Crippen molar-refractivity contribution in [3.8, 4) is 11.3 Å². The molecule has 0 radical (unpaired) electrons. The van der Waals surface area contributed by atoms with Crippen LogP contribution in [-0.2, 0) is 23.7 Å². The number of benzene rings is 1. The highest BCUT2D eigenvalue weighted by Gasteiger charge is 2.43. The molecule has 1 aromatic carbocycles. The number of aromatic nitrogens is 2. The van der Waals surface area contributed by atoms with Gasteiger partial charge in [0.05, 0.1) is 17.0 Å². The van der Waals surface area contributed by atoms with Crippen molar-refractivity contribution in [2.45, 2.75) is 49.1 Å². The summed E-state index contributed by atoms with van der Waals surface area (Å²) < 4.78 is 1.59. The number of rotatable bonds is 3. The van der Waals surface area contributed by atoms with Crippen molar-refractivity contribution in [3.63, 3.8) is 0 Å². The maximum Gasteiger partial charge on any atom is 0.258 e. The highest BCUT2D eigenvalue weighted by Crippen LogP contribution is 2.48. The lowest BCUT2D eigenvalue weighted by atomic mass is 9.62. The van der Waals surface area contributed by atoms with Gasteiger partial charge in [0.1, 0.15) is 0 Å². The van der Waals surface area contributed by atoms with E-state index in [1.165, 1.54) is 23.7 Å². The van der Waals surface area contributed by atoms with E-state index in [1.807, 2.05) is 6.07 Å². The number of carbonyl (C=O) groups is 1. The smallest absolute Gasteiger partial charge is 0.258 e. The van der Waals surface area contributed by atoms with Crippen LogP contribution in [0.3, 0.4) is 0 Å². The first-order valence-corrected chi connectivity index (χ1v) is 10.1. The summed E-state index contributed by atoms with van der Waals surface area (Å²) in [5.74, 6) is -0.294. The molecule has 1 aromatic heterocycles. The van der Waals surface area contributed by atoms with Gasteiger partial charge in [-0.2, -0.15) is 0 Å². The molecule has 2 aliphatic rings. The zero-order valence-electron chi connectivity index (χ0n) is 15.0. The van der Waals surface area contributed by atoms with Gasteiger partial charge in [0.25, 0.3) is 5.56 Å². The molecule has 0 aliphatic heterocycles. The minimum Gasteiger partial charge on any atom is -0.369 e. The summed E-state index contributed by atoms with van der Waals surface area (Å²) in [7, 11) is 1.75. The van der Waals surface area contributed by atoms with Gasteiger partial charge in [-0.1, -0.05) is 55.3 Å². The Bertz CT molecular complexity index is 929. The molecule has 4 rings (SSSR count). The van der Waals surface area contributed by atoms with Crippen LogP contribution in [0.2, 0.25) is 0 Å². The molecular weight excluding hydrogens is 346 g/mol. The van der Waals surface area contributed by atoms with Crippen LogP contribution in [0, 0.1) is 0 Å². The van der Waals surface area contributed by atoms with Crippen LogP contribution in [0.4, 0.5) is 0 Å². The van der Waals surface area contributed by atoms with E-state index in [4.69, 9.17) is 10.7 Å². The van der Waals surface area contributed by atoms with Gasteiger partial charge in [-0.15, -0.1) is 0 Å². The Morgan fingerprint density at radius 1 is 1.27 bits per heavy atom. The lowest BCUT2D eigenvalue weighted by molar-refractivity contribution is -0.115. The van der Waals surface area contributed by atoms with Gasteiger partial charge >= 0.3 is 0 Å². The molecule has 2 aliphatic carbocycles. The van der Waals surface area contributed by atoms with Crippen LogP contribution in [0.5, 0.6) is 0 Å². The number of hydrogen-bond donors (Lipinski definition) is 1. The molecule has 6 heteroatoms. The van der Waals surface area contributed by atoms with Gasteiger partial charge in [0.2, 0.25) is 5.91 Å². The third kappa shape index (κ3) is 2.76. The number of amides is 1. The molecule has 2 N–H and O–H groups in total. The predicted molar refractivity (Wildman–Crippen MR) is 103 cm³/mol. The predicted octanol–water partition coefficient (Wildman–Crippen LogP) is 2.78. The van der Waals surface area contributed by atoms with Gasteiger partial charge in [-0.05, 0) is 24.8 Å². The Kier molecular flexibility index (Phi) is 4.39. The summed E-state index contributed by atoms with van der Waals surface area (Å²) >= 11 is 1.23. The molecule has 0 bridgehead atoms. The molecule has 0 atom stereocenters. The molecule has 1 spiro atoms. The Morgan fingerprint density at radius 2 is 2.00 bits per heavy atom. The second kappa shape index (κ2) is 6.58. The van der Waals surface area contributed by atoms with E-state index in [9.17, 15) is 9.59 Å². The molecule has 1 fully saturated rings. The summed E-state index contributed by atoms with van der Waals surface area (Å²) in [4.78, 5) is 29.4. The molecule has 5 nitrogen and oxygen atoms in total. The molecule has 1 saturated carbocycles. The topological polar surface area (TPSA) is 78.0 Å². The number of carbonyl (C=O) groups excluding carboxylic acids is 1. The average molecular weight is 369 g/mol. The summed E-state index contributed by atoms with van der Waals surface area (Å²) in [5, 5.41) is 0.551. The highest BCUT2D eigenvalue weighted by molar-refractivity contribution is 7.99. The van der Waals surface area contributed by atoms with Crippen molar-refractivity contribution in [3.05, 3.63) is 45.7 Å². The van der Waals surface area contributed by atoms with Crippen molar-refractivity contribution < 1.29 is 4.79 Å². The van der Waals surface area contributed by atoms with Gasteiger partial charge in [0, 0.05) is 18.0 Å². The summed E-state index contributed by atoms with van der Waals surface area (Å²) in [6.45, 7) is 0. The van der Waals surface area contributed by atoms with Crippen LogP contribution in [0.25, 0.3) is 11.3 Å². The van der Waals surface area contributed by atoms with Crippen LogP contribution in [0.1, 0.15) is 43.2 Å². The molecule has 1 amide bonds. The van der Waals surface area contributed by atoms with Gasteiger partial charge in [-0.3, -0.25) is 14.2 Å². The maximum absolute atomic E-state index is 13.4. The van der Waals surface area contributed by atoms with E-state index < -0.39 is 5.91 Å². The first-order valence-electron chi connectivity index (χ1n) is 9.13. The molecule has 26 heavy (non-hydrogen) atoms. The molecular formula is C20H23N3O2S. The number of hydrogen-bond acceptors (Lipinski definition) is 4. The van der Waals surface area contributed by atoms with Crippen LogP contribution < -0.4 is 11.3 Å². The van der Waals surface area contributed by atoms with E-state index >= 15 is 0 Å². The fourth-order valence-electron chi connectivity index (χ4n) is 4.53. The quantitative estimate of drug-likeness (QED) is 0.667. The van der Waals surface area contributed by atoms with Crippen molar-refractivity contribution in [1.82, 2.24) is 9.55 Å². The van der Waals surface area contributed by atoms with Crippen molar-refractivity contribution in [2.75, 3.05) is 5.75 Å². The van der Waals surface area contributed by atoms with E-state index in [2.05, 4.69) is 18.2 Å². The fraction of sp³-hybridized carbons (Fsp3) is 0.450. The van der Waals surface area contributed by atoms with E-state index in [-0.39, 0.29) is 16.7 Å². The lowest BCUT2D eigenvalue weighted by Crippen LogP contribution is -2.42. The van der Waals surface area contributed by atoms with Crippen LogP contribution in [-0.4, -0.2) is 21.2 Å². The minimum atomic E-state index is -0.411. The molecule has 136 valence electrons. The number of fused-ring (bicyclic) bond motifs is 4. The number of nitrogens with two attached hydrogens (primary N) is 1. The Hall–Kier alpha value is -2.08. The molecule has 2 aromatic rings. The first-order chi connectivity index (χ1) is 12.5. The van der Waals surface area contributed by atoms with E-state index in [1.54, 1.807) is 11.6 Å². The van der Waals surface area contributed by atoms with Gasteiger partial charge in [-0.25, -0.2) is 4.98 Å². The summed E-state index contributed by atoms with van der Waals surface area (Å²) in [5.41, 5.74) is 9.22. The number of thioether (sulfide) groups is 1. The lowest BCUT2D eigenvalue weighted by Gasteiger charge is -2.42. The summed E-state index contributed by atoms with van der Waals surface area (Å²) in [6, 6.07) is 8.27. The Labute approximate surface area is 157 Å². The maximum atomic E-state index is 13.4. The van der Waals surface area contributed by atoms with E-state index in [0.29, 0.717) is 5.16 Å². The standard InChI is InChI=1S/C20H23N3O2S/c1-23-18(25)16-17(22-19(23)26-12-15(21)24)14-8-4-3-7-13(14)11-20(16)9-5-2-6-10-20/h3-4,7-8H,2,5-6,9-12H2,1H3,(H2,21,24). The minimum absolute atomic E-state index is 0.0263. The second-order valence-electron chi connectivity index (χ2n) is 7.41. The van der Waals surface area contributed by atoms with Crippen molar-refractivity contribution in [2.24, 2.45) is 12.8 Å². The van der Waals surface area contributed by atoms with Crippen molar-refractivity contribution in [1.29, 1.82) is 0 Å². The second-order valence-corrected chi connectivity index (χ2v) is 8.35. The monoisotopic (exact) mass is 369 g/mol. The van der Waals surface area contributed by atoms with Crippen LogP contribution >= 0.6 is 11.8 Å². The molecule has 0 saturated heterocycles. The highest BCUT2D eigenvalue weighted by atomic mass is 32.2. The van der Waals surface area contributed by atoms with Gasteiger partial charge < -0.3 is 5.73 Å². The zero-order chi connectivity index (χ0) is 18.3. The van der Waals surface area contributed by atoms with Gasteiger partial charge in [0.15, 0.2) is 5.16 Å². The van der Waals surface area contributed by atoms with E-state index in [0.717, 1.165) is 48.9 Å².